The minimum Gasteiger partial charge on any atom is -0.383 e. The van der Waals surface area contributed by atoms with Crippen molar-refractivity contribution in [2.24, 2.45) is 0 Å². The van der Waals surface area contributed by atoms with Crippen molar-refractivity contribution in [2.45, 2.75) is 6.92 Å². The first-order valence-electron chi connectivity index (χ1n) is 6.62. The van der Waals surface area contributed by atoms with Crippen molar-refractivity contribution in [1.82, 2.24) is 4.90 Å². The number of hydrogen-bond acceptors (Lipinski definition) is 5. The topological polar surface area (TPSA) is 63.5 Å². The van der Waals surface area contributed by atoms with Crippen LogP contribution in [-0.4, -0.2) is 29.7 Å². The number of rotatable bonds is 5. The zero-order valence-corrected chi connectivity index (χ0v) is 13.4. The van der Waals surface area contributed by atoms with Gasteiger partial charge in [0.2, 0.25) is 5.78 Å². The second-order valence-electron chi connectivity index (χ2n) is 5.04. The van der Waals surface area contributed by atoms with Crippen molar-refractivity contribution in [2.75, 3.05) is 14.1 Å². The predicted molar refractivity (Wildman–Crippen MR) is 88.1 cm³/mol. The molecule has 1 heterocycles. The van der Waals surface area contributed by atoms with Gasteiger partial charge in [-0.05, 0) is 30.0 Å². The Balaban J connectivity index is 2.61. The summed E-state index contributed by atoms with van der Waals surface area (Å²) in [6, 6.07) is 8.17. The van der Waals surface area contributed by atoms with Gasteiger partial charge in [0.05, 0.1) is 20.9 Å². The molecule has 0 saturated carbocycles. The number of para-hydroxylation sites is 1. The molecule has 1 aromatic carbocycles. The van der Waals surface area contributed by atoms with Gasteiger partial charge in [-0.25, -0.2) is 0 Å². The first-order valence-corrected chi connectivity index (χ1v) is 7.50. The van der Waals surface area contributed by atoms with Gasteiger partial charge < -0.3 is 4.90 Å². The number of nitro benzene ring substituents is 1. The van der Waals surface area contributed by atoms with Crippen LogP contribution < -0.4 is 0 Å². The van der Waals surface area contributed by atoms with Crippen LogP contribution in [0.5, 0.6) is 0 Å². The van der Waals surface area contributed by atoms with E-state index < -0.39 is 4.92 Å². The molecule has 0 aliphatic heterocycles. The lowest BCUT2D eigenvalue weighted by molar-refractivity contribution is -0.385. The van der Waals surface area contributed by atoms with Crippen LogP contribution >= 0.6 is 11.3 Å². The van der Waals surface area contributed by atoms with E-state index >= 15 is 0 Å². The lowest BCUT2D eigenvalue weighted by Gasteiger charge is -2.12. The summed E-state index contributed by atoms with van der Waals surface area (Å²) in [6.45, 7) is 1.86. The molecule has 0 bridgehead atoms. The molecular formula is C16H16N2O3S. The normalized spacial score (nSPS) is 11.3. The first-order chi connectivity index (χ1) is 10.4. The zero-order valence-electron chi connectivity index (χ0n) is 12.6. The molecule has 22 heavy (non-hydrogen) atoms. The minimum atomic E-state index is -0.465. The van der Waals surface area contributed by atoms with Crippen LogP contribution in [0.1, 0.15) is 20.8 Å². The fraction of sp³-hybridized carbons (Fsp3) is 0.188. The molecule has 6 heteroatoms. The lowest BCUT2D eigenvalue weighted by Crippen LogP contribution is -2.10. The maximum Gasteiger partial charge on any atom is 0.277 e. The summed E-state index contributed by atoms with van der Waals surface area (Å²) in [5.41, 5.74) is 1.46. The fourth-order valence-electron chi connectivity index (χ4n) is 2.10. The summed E-state index contributed by atoms with van der Waals surface area (Å²) in [6.07, 6.45) is 1.63. The number of carbonyl (C=O) groups is 1. The molecule has 0 unspecified atom stereocenters. The standard InChI is InChI=1S/C16H16N2O3S/c1-11-8-9-22-16(11)15(19)13(10-17(2)3)12-6-4-5-7-14(12)18(20)21/h4-10H,1-3H3/b13-10-. The highest BCUT2D eigenvalue weighted by atomic mass is 32.1. The molecule has 0 aliphatic carbocycles. The molecule has 0 aliphatic rings. The largest absolute Gasteiger partial charge is 0.383 e. The van der Waals surface area contributed by atoms with Gasteiger partial charge in [0.1, 0.15) is 0 Å². The van der Waals surface area contributed by atoms with E-state index in [2.05, 4.69) is 0 Å². The third kappa shape index (κ3) is 3.23. The number of benzene rings is 1. The third-order valence-electron chi connectivity index (χ3n) is 3.09. The molecule has 2 rings (SSSR count). The van der Waals surface area contributed by atoms with Gasteiger partial charge in [0.15, 0.2) is 0 Å². The molecule has 0 N–H and O–H groups in total. The van der Waals surface area contributed by atoms with E-state index in [1.165, 1.54) is 17.4 Å². The van der Waals surface area contributed by atoms with E-state index in [1.54, 1.807) is 43.4 Å². The minimum absolute atomic E-state index is 0.0711. The molecule has 0 fully saturated rings. The van der Waals surface area contributed by atoms with E-state index in [9.17, 15) is 14.9 Å². The molecule has 114 valence electrons. The van der Waals surface area contributed by atoms with Gasteiger partial charge in [-0.1, -0.05) is 12.1 Å². The molecule has 0 saturated heterocycles. The monoisotopic (exact) mass is 316 g/mol. The number of allylic oxidation sites excluding steroid dienone is 1. The van der Waals surface area contributed by atoms with Crippen molar-refractivity contribution in [3.8, 4) is 0 Å². The van der Waals surface area contributed by atoms with Crippen molar-refractivity contribution in [3.05, 3.63) is 68.0 Å². The predicted octanol–water partition coefficient (Wildman–Crippen LogP) is 3.75. The van der Waals surface area contributed by atoms with Crippen LogP contribution in [0.2, 0.25) is 0 Å². The Morgan fingerprint density at radius 2 is 1.95 bits per heavy atom. The SMILES string of the molecule is Cc1ccsc1C(=O)/C(=C\N(C)C)c1ccccc1[N+](=O)[O-]. The quantitative estimate of drug-likeness (QED) is 0.365. The second-order valence-corrected chi connectivity index (χ2v) is 5.96. The molecule has 0 spiro atoms. The number of nitrogens with zero attached hydrogens (tertiary/aromatic N) is 2. The number of aryl methyl sites for hydroxylation is 1. The van der Waals surface area contributed by atoms with Gasteiger partial charge >= 0.3 is 0 Å². The molecule has 5 nitrogen and oxygen atoms in total. The fourth-order valence-corrected chi connectivity index (χ4v) is 2.98. The van der Waals surface area contributed by atoms with Crippen molar-refractivity contribution in [3.63, 3.8) is 0 Å². The van der Waals surface area contributed by atoms with E-state index in [0.29, 0.717) is 16.0 Å². The van der Waals surface area contributed by atoms with E-state index in [4.69, 9.17) is 0 Å². The molecule has 1 aromatic heterocycles. The summed E-state index contributed by atoms with van der Waals surface area (Å²) < 4.78 is 0. The summed E-state index contributed by atoms with van der Waals surface area (Å²) in [5.74, 6) is -0.199. The highest BCUT2D eigenvalue weighted by Gasteiger charge is 2.24. The number of carbonyl (C=O) groups excluding carboxylic acids is 1. The second kappa shape index (κ2) is 6.53. The summed E-state index contributed by atoms with van der Waals surface area (Å²) >= 11 is 1.34. The van der Waals surface area contributed by atoms with Crippen molar-refractivity contribution < 1.29 is 9.72 Å². The molecule has 0 amide bonds. The van der Waals surface area contributed by atoms with Crippen LogP contribution in [-0.2, 0) is 0 Å². The smallest absolute Gasteiger partial charge is 0.277 e. The van der Waals surface area contributed by atoms with Gasteiger partial charge in [0, 0.05) is 26.4 Å². The van der Waals surface area contributed by atoms with E-state index in [1.807, 2.05) is 18.4 Å². The zero-order chi connectivity index (χ0) is 16.3. The number of hydrogen-bond donors (Lipinski definition) is 0. The molecular weight excluding hydrogens is 300 g/mol. The van der Waals surface area contributed by atoms with Gasteiger partial charge in [0.25, 0.3) is 5.69 Å². The maximum absolute atomic E-state index is 12.8. The van der Waals surface area contributed by atoms with Crippen LogP contribution in [0.4, 0.5) is 5.69 Å². The Hall–Kier alpha value is -2.47. The van der Waals surface area contributed by atoms with Gasteiger partial charge in [-0.3, -0.25) is 14.9 Å². The third-order valence-corrected chi connectivity index (χ3v) is 4.11. The Morgan fingerprint density at radius 1 is 1.27 bits per heavy atom. The Bertz CT molecular complexity index is 747. The number of nitro groups is 1. The highest BCUT2D eigenvalue weighted by Crippen LogP contribution is 2.31. The number of thiophene rings is 1. The van der Waals surface area contributed by atoms with Crippen molar-refractivity contribution >= 4 is 28.4 Å². The van der Waals surface area contributed by atoms with Gasteiger partial charge in [-0.15, -0.1) is 11.3 Å². The van der Waals surface area contributed by atoms with Gasteiger partial charge in [-0.2, -0.15) is 0 Å². The molecule has 2 aromatic rings. The average molecular weight is 316 g/mol. The summed E-state index contributed by atoms with van der Waals surface area (Å²) in [4.78, 5) is 25.9. The number of ketones is 1. The van der Waals surface area contributed by atoms with Crippen LogP contribution in [0.25, 0.3) is 5.57 Å². The number of Topliss-reactive ketones (excluding diaryl/α,β-unsaturated/α-hetero) is 1. The Morgan fingerprint density at radius 3 is 2.50 bits per heavy atom. The highest BCUT2D eigenvalue weighted by molar-refractivity contribution is 7.12. The summed E-state index contributed by atoms with van der Waals surface area (Å²) in [5, 5.41) is 13.1. The summed E-state index contributed by atoms with van der Waals surface area (Å²) in [7, 11) is 3.56. The van der Waals surface area contributed by atoms with Crippen molar-refractivity contribution in [1.29, 1.82) is 0 Å². The van der Waals surface area contributed by atoms with Crippen LogP contribution in [0, 0.1) is 17.0 Å². The van der Waals surface area contributed by atoms with E-state index in [-0.39, 0.29) is 11.5 Å². The molecule has 0 radical (unpaired) electrons. The Kier molecular flexibility index (Phi) is 4.72. The Labute approximate surface area is 132 Å². The lowest BCUT2D eigenvalue weighted by atomic mass is 9.98. The maximum atomic E-state index is 12.8. The van der Waals surface area contributed by atoms with Crippen LogP contribution in [0.15, 0.2) is 41.9 Å². The van der Waals surface area contributed by atoms with Crippen LogP contribution in [0.3, 0.4) is 0 Å². The average Bonchev–Trinajstić information content (AvgIpc) is 2.90. The van der Waals surface area contributed by atoms with E-state index in [0.717, 1.165) is 5.56 Å². The first kappa shape index (κ1) is 15.9. The molecule has 0 atom stereocenters.